The minimum absolute atomic E-state index is 0.0151. The average molecular weight is 565 g/mol. The van der Waals surface area contributed by atoms with Crippen LogP contribution >= 0.6 is 46.4 Å². The first-order valence-corrected chi connectivity index (χ1v) is 13.4. The maximum absolute atomic E-state index is 13.4. The Balaban J connectivity index is 1.54. The van der Waals surface area contributed by atoms with Gasteiger partial charge in [0.1, 0.15) is 0 Å². The summed E-state index contributed by atoms with van der Waals surface area (Å²) in [6, 6.07) is 19.2. The lowest BCUT2D eigenvalue weighted by atomic mass is 9.99. The van der Waals surface area contributed by atoms with Crippen LogP contribution in [0.5, 0.6) is 0 Å². The lowest BCUT2D eigenvalue weighted by Gasteiger charge is -2.33. The topological polar surface area (TPSA) is 26.8 Å². The van der Waals surface area contributed by atoms with E-state index in [0.717, 1.165) is 42.0 Å². The molecule has 0 spiro atoms. The number of likely N-dealkylation sites (N-methyl/N-ethyl adjacent to an activating group) is 2. The van der Waals surface area contributed by atoms with Crippen molar-refractivity contribution < 1.29 is 4.79 Å². The van der Waals surface area contributed by atoms with Gasteiger partial charge in [-0.15, -0.1) is 0 Å². The first kappa shape index (κ1) is 27.1. The van der Waals surface area contributed by atoms with E-state index >= 15 is 0 Å². The third-order valence-electron chi connectivity index (χ3n) is 6.73. The first-order chi connectivity index (χ1) is 17.2. The Bertz CT molecular complexity index is 1210. The van der Waals surface area contributed by atoms with Crippen molar-refractivity contribution in [3.8, 4) is 11.1 Å². The summed E-state index contributed by atoms with van der Waals surface area (Å²) in [4.78, 5) is 19.6. The van der Waals surface area contributed by atoms with E-state index in [1.54, 1.807) is 18.2 Å². The Morgan fingerprint density at radius 2 is 1.50 bits per heavy atom. The predicted octanol–water partition coefficient (Wildman–Crippen LogP) is 7.70. The first-order valence-electron chi connectivity index (χ1n) is 11.9. The number of hydrogen-bond acceptors (Lipinski definition) is 3. The highest BCUT2D eigenvalue weighted by molar-refractivity contribution is 6.42. The van der Waals surface area contributed by atoms with Gasteiger partial charge < -0.3 is 14.7 Å². The molecular weight excluding hydrogens is 536 g/mol. The Kier molecular flexibility index (Phi) is 9.08. The van der Waals surface area contributed by atoms with Gasteiger partial charge in [-0.1, -0.05) is 76.7 Å². The quantitative estimate of drug-likeness (QED) is 0.280. The third-order valence-corrected chi connectivity index (χ3v) is 8.01. The molecule has 1 fully saturated rings. The summed E-state index contributed by atoms with van der Waals surface area (Å²) >= 11 is 24.7. The van der Waals surface area contributed by atoms with Crippen LogP contribution in [0.25, 0.3) is 11.1 Å². The highest BCUT2D eigenvalue weighted by Crippen LogP contribution is 2.31. The smallest absolute Gasteiger partial charge is 0.242 e. The van der Waals surface area contributed by atoms with Gasteiger partial charge in [-0.2, -0.15) is 0 Å². The van der Waals surface area contributed by atoms with Crippen LogP contribution in [0.4, 0.5) is 5.69 Å². The number of hydrogen-bond donors (Lipinski definition) is 0. The van der Waals surface area contributed by atoms with E-state index in [9.17, 15) is 4.79 Å². The summed E-state index contributed by atoms with van der Waals surface area (Å²) < 4.78 is 0. The van der Waals surface area contributed by atoms with Gasteiger partial charge in [-0.3, -0.25) is 4.79 Å². The van der Waals surface area contributed by atoms with Crippen molar-refractivity contribution in [1.29, 1.82) is 0 Å². The summed E-state index contributed by atoms with van der Waals surface area (Å²) in [5, 5.41) is 2.15. The van der Waals surface area contributed by atoms with Crippen LogP contribution in [-0.4, -0.2) is 56.0 Å². The van der Waals surface area contributed by atoms with E-state index < -0.39 is 0 Å². The number of rotatable bonds is 8. The van der Waals surface area contributed by atoms with Gasteiger partial charge in [0.15, 0.2) is 0 Å². The molecule has 1 aliphatic rings. The summed E-state index contributed by atoms with van der Waals surface area (Å²) in [6.07, 6.45) is 2.39. The summed E-state index contributed by atoms with van der Waals surface area (Å²) in [6.45, 7) is 3.11. The lowest BCUT2D eigenvalue weighted by molar-refractivity contribution is -0.131. The molecular formula is C28H29Cl4N3O. The Morgan fingerprint density at radius 1 is 0.833 bits per heavy atom. The van der Waals surface area contributed by atoms with Gasteiger partial charge in [-0.05, 0) is 73.0 Å². The molecule has 36 heavy (non-hydrogen) atoms. The highest BCUT2D eigenvalue weighted by atomic mass is 35.5. The third kappa shape index (κ3) is 6.48. The van der Waals surface area contributed by atoms with Crippen molar-refractivity contribution >= 4 is 58.0 Å². The Hall–Kier alpha value is -1.95. The highest BCUT2D eigenvalue weighted by Gasteiger charge is 2.26. The lowest BCUT2D eigenvalue weighted by Crippen LogP contribution is -2.42. The molecule has 0 N–H and O–H groups in total. The number of amides is 1. The van der Waals surface area contributed by atoms with Crippen LogP contribution in [0.2, 0.25) is 20.1 Å². The monoisotopic (exact) mass is 563 g/mol. The van der Waals surface area contributed by atoms with Crippen LogP contribution in [0.1, 0.15) is 24.4 Å². The van der Waals surface area contributed by atoms with E-state index in [1.807, 2.05) is 42.1 Å². The van der Waals surface area contributed by atoms with Gasteiger partial charge >= 0.3 is 0 Å². The second-order valence-electron chi connectivity index (χ2n) is 9.23. The number of halogens is 4. The van der Waals surface area contributed by atoms with E-state index in [0.29, 0.717) is 20.1 Å². The van der Waals surface area contributed by atoms with Gasteiger partial charge in [0, 0.05) is 25.7 Å². The fraction of sp³-hybridized carbons (Fsp3) is 0.321. The largest absolute Gasteiger partial charge is 0.364 e. The fourth-order valence-electron chi connectivity index (χ4n) is 4.60. The maximum Gasteiger partial charge on any atom is 0.242 e. The zero-order valence-corrected chi connectivity index (χ0v) is 23.4. The van der Waals surface area contributed by atoms with Crippen LogP contribution in [0.15, 0.2) is 60.7 Å². The molecule has 1 saturated heterocycles. The summed E-state index contributed by atoms with van der Waals surface area (Å²) in [7, 11) is 3.75. The summed E-state index contributed by atoms with van der Waals surface area (Å²) in [5.41, 5.74) is 3.90. The van der Waals surface area contributed by atoms with Crippen molar-refractivity contribution in [2.45, 2.75) is 18.9 Å². The Morgan fingerprint density at radius 3 is 2.14 bits per heavy atom. The average Bonchev–Trinajstić information content (AvgIpc) is 3.37. The standard InChI is InChI=1S/C28H29Cl4N3O/c1-33(26-12-10-22(29)16-25(26)32)18-28(36)34(2)27(17-35-13-3-4-14-35)20-7-5-19(6-8-20)21-9-11-23(30)24(31)15-21/h5-12,15-16,27H,3-4,13-14,17-18H2,1-2H3. The second kappa shape index (κ2) is 12.1. The van der Waals surface area contributed by atoms with Gasteiger partial charge in [0.2, 0.25) is 5.91 Å². The fourth-order valence-corrected chi connectivity index (χ4v) is 5.45. The van der Waals surface area contributed by atoms with Gasteiger partial charge in [0.25, 0.3) is 0 Å². The molecule has 3 aromatic carbocycles. The number of anilines is 1. The minimum Gasteiger partial charge on any atom is -0.364 e. The number of benzene rings is 3. The van der Waals surface area contributed by atoms with Gasteiger partial charge in [0.05, 0.1) is 33.3 Å². The van der Waals surface area contributed by atoms with E-state index in [-0.39, 0.29) is 18.5 Å². The van der Waals surface area contributed by atoms with Crippen molar-refractivity contribution in [2.24, 2.45) is 0 Å². The zero-order chi connectivity index (χ0) is 25.8. The molecule has 1 aliphatic heterocycles. The van der Waals surface area contributed by atoms with E-state index in [4.69, 9.17) is 46.4 Å². The molecule has 0 radical (unpaired) electrons. The molecule has 0 aromatic heterocycles. The minimum atomic E-state index is -0.0763. The second-order valence-corrected chi connectivity index (χ2v) is 10.9. The number of likely N-dealkylation sites (tertiary alicyclic amines) is 1. The SMILES string of the molecule is CN(CC(=O)N(C)C(CN1CCCC1)c1ccc(-c2ccc(Cl)c(Cl)c2)cc1)c1ccc(Cl)cc1Cl. The molecule has 190 valence electrons. The predicted molar refractivity (Wildman–Crippen MR) is 153 cm³/mol. The molecule has 0 aliphatic carbocycles. The molecule has 1 heterocycles. The molecule has 4 nitrogen and oxygen atoms in total. The normalized spacial score (nSPS) is 14.6. The van der Waals surface area contributed by atoms with Crippen LogP contribution < -0.4 is 4.90 Å². The van der Waals surface area contributed by atoms with Crippen LogP contribution in [0, 0.1) is 0 Å². The molecule has 3 aromatic rings. The van der Waals surface area contributed by atoms with Crippen molar-refractivity contribution in [1.82, 2.24) is 9.80 Å². The molecule has 1 unspecified atom stereocenters. The van der Waals surface area contributed by atoms with Crippen LogP contribution in [-0.2, 0) is 4.79 Å². The molecule has 0 bridgehead atoms. The maximum atomic E-state index is 13.4. The number of carbonyl (C=O) groups excluding carboxylic acids is 1. The van der Waals surface area contributed by atoms with Crippen molar-refractivity contribution in [2.75, 3.05) is 45.2 Å². The summed E-state index contributed by atoms with van der Waals surface area (Å²) in [5.74, 6) is 0.0151. The zero-order valence-electron chi connectivity index (χ0n) is 20.4. The van der Waals surface area contributed by atoms with Gasteiger partial charge in [-0.25, -0.2) is 0 Å². The van der Waals surface area contributed by atoms with E-state index in [2.05, 4.69) is 29.2 Å². The van der Waals surface area contributed by atoms with Crippen molar-refractivity contribution in [3.05, 3.63) is 86.3 Å². The van der Waals surface area contributed by atoms with Crippen LogP contribution in [0.3, 0.4) is 0 Å². The molecule has 0 saturated carbocycles. The molecule has 1 atom stereocenters. The van der Waals surface area contributed by atoms with E-state index in [1.165, 1.54) is 12.8 Å². The molecule has 8 heteroatoms. The Labute approximate surface area is 233 Å². The van der Waals surface area contributed by atoms with Crippen molar-refractivity contribution in [3.63, 3.8) is 0 Å². The molecule has 1 amide bonds. The molecule has 4 rings (SSSR count). The number of carbonyl (C=O) groups is 1. The number of nitrogens with zero attached hydrogens (tertiary/aromatic N) is 3.